The van der Waals surface area contributed by atoms with Gasteiger partial charge in [-0.1, -0.05) is 30.2 Å². The molecule has 0 aliphatic carbocycles. The first-order valence-electron chi connectivity index (χ1n) is 6.73. The second kappa shape index (κ2) is 6.80. The van der Waals surface area contributed by atoms with Crippen LogP contribution in [0.2, 0.25) is 0 Å². The lowest BCUT2D eigenvalue weighted by atomic mass is 9.99. The van der Waals surface area contributed by atoms with Gasteiger partial charge in [0, 0.05) is 6.54 Å². The Balaban J connectivity index is 2.66. The third-order valence-corrected chi connectivity index (χ3v) is 3.22. The lowest BCUT2D eigenvalue weighted by Gasteiger charge is -2.27. The van der Waals surface area contributed by atoms with E-state index in [4.69, 9.17) is 0 Å². The Morgan fingerprint density at radius 1 is 1.06 bits per heavy atom. The van der Waals surface area contributed by atoms with Crippen molar-refractivity contribution in [1.82, 2.24) is 4.90 Å². The number of piperidine rings is 1. The molecule has 1 fully saturated rings. The summed E-state index contributed by atoms with van der Waals surface area (Å²) in [6.07, 6.45) is 6.36. The minimum atomic E-state index is 1.03. The van der Waals surface area contributed by atoms with E-state index < -0.39 is 0 Å². The topological polar surface area (TPSA) is 3.24 Å². The summed E-state index contributed by atoms with van der Waals surface area (Å²) in [6.45, 7) is 16.4. The van der Waals surface area contributed by atoms with E-state index in [0.717, 1.165) is 6.54 Å². The zero-order chi connectivity index (χ0) is 12.8. The molecule has 1 saturated heterocycles. The lowest BCUT2D eigenvalue weighted by Crippen LogP contribution is -2.31. The van der Waals surface area contributed by atoms with Gasteiger partial charge in [-0.3, -0.25) is 4.90 Å². The van der Waals surface area contributed by atoms with Crippen LogP contribution < -0.4 is 0 Å². The molecule has 96 valence electrons. The molecule has 1 aliphatic heterocycles. The SMILES string of the molecule is C=C(CN1CCCCC1)C(C=C(C)C)=C(C)C. The van der Waals surface area contributed by atoms with Gasteiger partial charge in [0.15, 0.2) is 0 Å². The predicted octanol–water partition coefficient (Wildman–Crippen LogP) is 4.33. The first-order chi connectivity index (χ1) is 8.00. The Hall–Kier alpha value is -0.820. The highest BCUT2D eigenvalue weighted by Crippen LogP contribution is 2.19. The molecule has 1 heterocycles. The first-order valence-corrected chi connectivity index (χ1v) is 6.73. The van der Waals surface area contributed by atoms with Crippen LogP contribution in [0.1, 0.15) is 47.0 Å². The van der Waals surface area contributed by atoms with Crippen molar-refractivity contribution < 1.29 is 0 Å². The van der Waals surface area contributed by atoms with Crippen LogP contribution in [0.3, 0.4) is 0 Å². The zero-order valence-electron chi connectivity index (χ0n) is 12.0. The van der Waals surface area contributed by atoms with Gasteiger partial charge in [0.25, 0.3) is 0 Å². The summed E-state index contributed by atoms with van der Waals surface area (Å²) in [6, 6.07) is 0. The van der Waals surface area contributed by atoms with Crippen molar-refractivity contribution in [3.63, 3.8) is 0 Å². The van der Waals surface area contributed by atoms with Crippen molar-refractivity contribution in [2.75, 3.05) is 19.6 Å². The second-order valence-corrected chi connectivity index (χ2v) is 5.58. The van der Waals surface area contributed by atoms with Crippen LogP contribution in [0.25, 0.3) is 0 Å². The molecule has 0 spiro atoms. The van der Waals surface area contributed by atoms with Crippen molar-refractivity contribution in [1.29, 1.82) is 0 Å². The average molecular weight is 233 g/mol. The Bertz CT molecular complexity index is 319. The molecule has 0 atom stereocenters. The summed E-state index contributed by atoms with van der Waals surface area (Å²) in [5, 5.41) is 0. The summed E-state index contributed by atoms with van der Waals surface area (Å²) < 4.78 is 0. The monoisotopic (exact) mass is 233 g/mol. The Kier molecular flexibility index (Phi) is 5.70. The predicted molar refractivity (Wildman–Crippen MR) is 77.2 cm³/mol. The van der Waals surface area contributed by atoms with Crippen molar-refractivity contribution in [3.05, 3.63) is 34.9 Å². The van der Waals surface area contributed by atoms with Crippen LogP contribution in [0.15, 0.2) is 34.9 Å². The highest BCUT2D eigenvalue weighted by molar-refractivity contribution is 5.42. The van der Waals surface area contributed by atoms with Crippen molar-refractivity contribution in [3.8, 4) is 0 Å². The Morgan fingerprint density at radius 2 is 1.65 bits per heavy atom. The molecule has 17 heavy (non-hydrogen) atoms. The maximum atomic E-state index is 4.28. The molecule has 0 N–H and O–H groups in total. The molecule has 1 rings (SSSR count). The molecule has 0 saturated carbocycles. The standard InChI is InChI=1S/C16H27N/c1-13(2)11-16(14(3)4)15(5)12-17-9-7-6-8-10-17/h11H,5-10,12H2,1-4H3. The zero-order valence-corrected chi connectivity index (χ0v) is 12.0. The second-order valence-electron chi connectivity index (χ2n) is 5.58. The van der Waals surface area contributed by atoms with Crippen molar-refractivity contribution in [2.24, 2.45) is 0 Å². The molecular formula is C16H27N. The van der Waals surface area contributed by atoms with E-state index in [1.54, 1.807) is 0 Å². The first kappa shape index (κ1) is 14.2. The number of likely N-dealkylation sites (tertiary alicyclic amines) is 1. The normalized spacial score (nSPS) is 16.5. The van der Waals surface area contributed by atoms with Crippen LogP contribution in [0.4, 0.5) is 0 Å². The van der Waals surface area contributed by atoms with E-state index in [2.05, 4.69) is 45.2 Å². The molecule has 0 amide bonds. The maximum Gasteiger partial charge on any atom is 0.0233 e. The van der Waals surface area contributed by atoms with Gasteiger partial charge in [0.1, 0.15) is 0 Å². The highest BCUT2D eigenvalue weighted by atomic mass is 15.1. The van der Waals surface area contributed by atoms with E-state index in [0.29, 0.717) is 0 Å². The van der Waals surface area contributed by atoms with Gasteiger partial charge >= 0.3 is 0 Å². The molecule has 0 aromatic carbocycles. The van der Waals surface area contributed by atoms with Gasteiger partial charge in [-0.25, -0.2) is 0 Å². The van der Waals surface area contributed by atoms with Gasteiger partial charge < -0.3 is 0 Å². The Morgan fingerprint density at radius 3 is 2.12 bits per heavy atom. The summed E-state index contributed by atoms with van der Waals surface area (Å²) in [4.78, 5) is 2.54. The van der Waals surface area contributed by atoms with Gasteiger partial charge in [0.2, 0.25) is 0 Å². The summed E-state index contributed by atoms with van der Waals surface area (Å²) in [5.74, 6) is 0. The molecule has 0 radical (unpaired) electrons. The fourth-order valence-electron chi connectivity index (χ4n) is 2.36. The van der Waals surface area contributed by atoms with Crippen molar-refractivity contribution >= 4 is 0 Å². The summed E-state index contributed by atoms with van der Waals surface area (Å²) in [5.41, 5.74) is 5.33. The molecule has 0 unspecified atom stereocenters. The van der Waals surface area contributed by atoms with E-state index in [9.17, 15) is 0 Å². The van der Waals surface area contributed by atoms with Crippen LogP contribution >= 0.6 is 0 Å². The van der Waals surface area contributed by atoms with Crippen LogP contribution in [0, 0.1) is 0 Å². The molecular weight excluding hydrogens is 206 g/mol. The van der Waals surface area contributed by atoms with Gasteiger partial charge in [-0.05, 0) is 64.8 Å². The van der Waals surface area contributed by atoms with E-state index >= 15 is 0 Å². The maximum absolute atomic E-state index is 4.28. The van der Waals surface area contributed by atoms with E-state index in [1.165, 1.54) is 54.6 Å². The van der Waals surface area contributed by atoms with Gasteiger partial charge in [-0.2, -0.15) is 0 Å². The van der Waals surface area contributed by atoms with Crippen LogP contribution in [-0.4, -0.2) is 24.5 Å². The number of rotatable bonds is 4. The quantitative estimate of drug-likeness (QED) is 0.653. The van der Waals surface area contributed by atoms with Gasteiger partial charge in [-0.15, -0.1) is 0 Å². The number of hydrogen-bond donors (Lipinski definition) is 0. The van der Waals surface area contributed by atoms with E-state index in [1.807, 2.05) is 0 Å². The van der Waals surface area contributed by atoms with Gasteiger partial charge in [0.05, 0.1) is 0 Å². The minimum absolute atomic E-state index is 1.03. The lowest BCUT2D eigenvalue weighted by molar-refractivity contribution is 0.248. The smallest absolute Gasteiger partial charge is 0.0233 e. The molecule has 1 aliphatic rings. The average Bonchev–Trinajstić information content (AvgIpc) is 2.26. The number of hydrogen-bond acceptors (Lipinski definition) is 1. The Labute approximate surface area is 107 Å². The fourth-order valence-corrected chi connectivity index (χ4v) is 2.36. The van der Waals surface area contributed by atoms with Crippen molar-refractivity contribution in [2.45, 2.75) is 47.0 Å². The highest BCUT2D eigenvalue weighted by Gasteiger charge is 2.12. The minimum Gasteiger partial charge on any atom is -0.299 e. The molecule has 0 bridgehead atoms. The molecule has 1 heteroatoms. The largest absolute Gasteiger partial charge is 0.299 e. The number of nitrogens with zero attached hydrogens (tertiary/aromatic N) is 1. The number of allylic oxidation sites excluding steroid dienone is 3. The molecule has 0 aromatic heterocycles. The van der Waals surface area contributed by atoms with Crippen LogP contribution in [0.5, 0.6) is 0 Å². The van der Waals surface area contributed by atoms with Crippen LogP contribution in [-0.2, 0) is 0 Å². The fraction of sp³-hybridized carbons (Fsp3) is 0.625. The summed E-state index contributed by atoms with van der Waals surface area (Å²) in [7, 11) is 0. The molecule has 0 aromatic rings. The third-order valence-electron chi connectivity index (χ3n) is 3.22. The van der Waals surface area contributed by atoms with E-state index in [-0.39, 0.29) is 0 Å². The summed E-state index contributed by atoms with van der Waals surface area (Å²) >= 11 is 0. The molecule has 1 nitrogen and oxygen atoms in total. The third kappa shape index (κ3) is 4.91.